The summed E-state index contributed by atoms with van der Waals surface area (Å²) >= 11 is 0. The molecule has 98 valence electrons. The van der Waals surface area contributed by atoms with Gasteiger partial charge >= 0.3 is 0 Å². The summed E-state index contributed by atoms with van der Waals surface area (Å²) in [4.78, 5) is 0. The fraction of sp³-hybridized carbons (Fsp3) is 1.00. The van der Waals surface area contributed by atoms with Crippen molar-refractivity contribution in [2.75, 3.05) is 13.2 Å². The molecule has 2 aliphatic carbocycles. The Bertz CT molecular complexity index is 269. The zero-order valence-corrected chi connectivity index (χ0v) is 10.7. The molecule has 1 atom stereocenters. The van der Waals surface area contributed by atoms with Crippen molar-refractivity contribution in [2.45, 2.75) is 75.0 Å². The Morgan fingerprint density at radius 2 is 1.88 bits per heavy atom. The highest BCUT2D eigenvalue weighted by Crippen LogP contribution is 2.42. The zero-order chi connectivity index (χ0) is 11.8. The maximum atomic E-state index is 10.3. The summed E-state index contributed by atoms with van der Waals surface area (Å²) in [6.45, 7) is 1.68. The van der Waals surface area contributed by atoms with Gasteiger partial charge in [-0.3, -0.25) is 0 Å². The van der Waals surface area contributed by atoms with Crippen molar-refractivity contribution in [1.82, 2.24) is 5.32 Å². The summed E-state index contributed by atoms with van der Waals surface area (Å²) in [5.41, 5.74) is -0.195. The van der Waals surface area contributed by atoms with E-state index in [9.17, 15) is 5.11 Å². The molecule has 1 spiro atoms. The van der Waals surface area contributed by atoms with Gasteiger partial charge in [-0.05, 0) is 44.9 Å². The van der Waals surface area contributed by atoms with E-state index in [-0.39, 0.29) is 5.60 Å². The number of hydrogen-bond donors (Lipinski definition) is 2. The molecule has 0 aromatic carbocycles. The highest BCUT2D eigenvalue weighted by atomic mass is 16.5. The molecule has 0 aromatic rings. The van der Waals surface area contributed by atoms with Gasteiger partial charge in [0.25, 0.3) is 0 Å². The maximum absolute atomic E-state index is 10.3. The van der Waals surface area contributed by atoms with Gasteiger partial charge in [0.15, 0.2) is 0 Å². The third-order valence-corrected chi connectivity index (χ3v) is 5.01. The summed E-state index contributed by atoms with van der Waals surface area (Å²) in [6.07, 6.45) is 10.4. The van der Waals surface area contributed by atoms with Gasteiger partial charge in [0.1, 0.15) is 0 Å². The van der Waals surface area contributed by atoms with Gasteiger partial charge in [-0.2, -0.15) is 0 Å². The molecule has 3 fully saturated rings. The van der Waals surface area contributed by atoms with Crippen molar-refractivity contribution in [1.29, 1.82) is 0 Å². The van der Waals surface area contributed by atoms with Crippen LogP contribution in [0.4, 0.5) is 0 Å². The van der Waals surface area contributed by atoms with E-state index in [1.54, 1.807) is 0 Å². The van der Waals surface area contributed by atoms with Crippen LogP contribution >= 0.6 is 0 Å². The Kier molecular flexibility index (Phi) is 3.18. The van der Waals surface area contributed by atoms with Crippen LogP contribution in [0.5, 0.6) is 0 Å². The van der Waals surface area contributed by atoms with Crippen molar-refractivity contribution in [3.8, 4) is 0 Å². The first kappa shape index (κ1) is 11.9. The fourth-order valence-corrected chi connectivity index (χ4v) is 3.67. The Labute approximate surface area is 104 Å². The average molecular weight is 239 g/mol. The molecule has 2 saturated carbocycles. The number of aliphatic hydroxyl groups is 1. The van der Waals surface area contributed by atoms with Crippen LogP contribution in [0.25, 0.3) is 0 Å². The second-order valence-corrected chi connectivity index (χ2v) is 6.39. The van der Waals surface area contributed by atoms with E-state index in [2.05, 4.69) is 5.32 Å². The molecule has 3 rings (SSSR count). The maximum Gasteiger partial charge on any atom is 0.0771 e. The van der Waals surface area contributed by atoms with Crippen molar-refractivity contribution < 1.29 is 9.84 Å². The molecule has 1 heterocycles. The number of hydrogen-bond acceptors (Lipinski definition) is 3. The summed E-state index contributed by atoms with van der Waals surface area (Å²) in [5.74, 6) is 0. The molecule has 1 unspecified atom stereocenters. The molecule has 0 bridgehead atoms. The molecule has 2 N–H and O–H groups in total. The Balaban J connectivity index is 1.48. The van der Waals surface area contributed by atoms with Crippen LogP contribution in [0.15, 0.2) is 0 Å². The topological polar surface area (TPSA) is 41.5 Å². The van der Waals surface area contributed by atoms with Crippen molar-refractivity contribution in [2.24, 2.45) is 0 Å². The summed E-state index contributed by atoms with van der Waals surface area (Å²) in [6, 6.07) is 0.564. The van der Waals surface area contributed by atoms with E-state index >= 15 is 0 Å². The molecule has 3 heteroatoms. The van der Waals surface area contributed by atoms with E-state index in [0.717, 1.165) is 38.8 Å². The molecule has 0 aromatic heterocycles. The van der Waals surface area contributed by atoms with Crippen molar-refractivity contribution in [3.63, 3.8) is 0 Å². The van der Waals surface area contributed by atoms with Crippen LogP contribution in [0.2, 0.25) is 0 Å². The molecular formula is C14H25NO2. The van der Waals surface area contributed by atoms with E-state index in [1.165, 1.54) is 32.1 Å². The first-order chi connectivity index (χ1) is 8.20. The van der Waals surface area contributed by atoms with E-state index in [0.29, 0.717) is 6.04 Å². The van der Waals surface area contributed by atoms with E-state index < -0.39 is 5.60 Å². The Morgan fingerprint density at radius 1 is 1.12 bits per heavy atom. The van der Waals surface area contributed by atoms with Crippen LogP contribution in [0.3, 0.4) is 0 Å². The van der Waals surface area contributed by atoms with Crippen molar-refractivity contribution >= 4 is 0 Å². The second-order valence-electron chi connectivity index (χ2n) is 6.39. The van der Waals surface area contributed by atoms with Gasteiger partial charge in [-0.25, -0.2) is 0 Å². The first-order valence-electron chi connectivity index (χ1n) is 7.30. The van der Waals surface area contributed by atoms with E-state index in [4.69, 9.17) is 4.74 Å². The number of ether oxygens (including phenoxy) is 1. The standard InChI is InChI=1S/C14H25NO2/c16-13(5-1-2-6-13)11-15-12-4-9-17-14(10-12)7-3-8-14/h12,15-16H,1-11H2. The summed E-state index contributed by atoms with van der Waals surface area (Å²) in [7, 11) is 0. The minimum Gasteiger partial charge on any atom is -0.389 e. The van der Waals surface area contributed by atoms with Crippen molar-refractivity contribution in [3.05, 3.63) is 0 Å². The highest BCUT2D eigenvalue weighted by Gasteiger charge is 2.43. The summed E-state index contributed by atoms with van der Waals surface area (Å²) in [5, 5.41) is 13.9. The lowest BCUT2D eigenvalue weighted by molar-refractivity contribution is -0.136. The van der Waals surface area contributed by atoms with Gasteiger partial charge in [0.2, 0.25) is 0 Å². The van der Waals surface area contributed by atoms with Gasteiger partial charge < -0.3 is 15.2 Å². The number of nitrogens with one attached hydrogen (secondary N) is 1. The molecule has 0 amide bonds. The lowest BCUT2D eigenvalue weighted by atomic mass is 9.74. The zero-order valence-electron chi connectivity index (χ0n) is 10.7. The second kappa shape index (κ2) is 4.52. The largest absolute Gasteiger partial charge is 0.389 e. The van der Waals surface area contributed by atoms with E-state index in [1.807, 2.05) is 0 Å². The van der Waals surface area contributed by atoms with Crippen LogP contribution < -0.4 is 5.32 Å². The van der Waals surface area contributed by atoms with Crippen LogP contribution in [-0.2, 0) is 4.74 Å². The van der Waals surface area contributed by atoms with Gasteiger partial charge in [0, 0.05) is 19.2 Å². The quantitative estimate of drug-likeness (QED) is 0.791. The van der Waals surface area contributed by atoms with Gasteiger partial charge in [-0.15, -0.1) is 0 Å². The normalized spacial score (nSPS) is 34.8. The minimum absolute atomic E-state index is 0.216. The Morgan fingerprint density at radius 3 is 2.53 bits per heavy atom. The molecule has 0 radical (unpaired) electrons. The Hall–Kier alpha value is -0.120. The van der Waals surface area contributed by atoms with Gasteiger partial charge in [-0.1, -0.05) is 12.8 Å². The molecule has 17 heavy (non-hydrogen) atoms. The highest BCUT2D eigenvalue weighted by molar-refractivity contribution is 4.97. The first-order valence-corrected chi connectivity index (χ1v) is 7.30. The monoisotopic (exact) mass is 239 g/mol. The van der Waals surface area contributed by atoms with Crippen LogP contribution in [-0.4, -0.2) is 35.5 Å². The lowest BCUT2D eigenvalue weighted by Gasteiger charge is -2.47. The lowest BCUT2D eigenvalue weighted by Crippen LogP contribution is -2.53. The molecule has 1 saturated heterocycles. The summed E-state index contributed by atoms with van der Waals surface area (Å²) < 4.78 is 5.93. The molecule has 1 aliphatic heterocycles. The number of rotatable bonds is 3. The predicted molar refractivity (Wildman–Crippen MR) is 67.0 cm³/mol. The van der Waals surface area contributed by atoms with Crippen LogP contribution in [0.1, 0.15) is 57.8 Å². The smallest absolute Gasteiger partial charge is 0.0771 e. The fourth-order valence-electron chi connectivity index (χ4n) is 3.67. The minimum atomic E-state index is -0.412. The average Bonchev–Trinajstić information content (AvgIpc) is 2.73. The molecule has 3 nitrogen and oxygen atoms in total. The third kappa shape index (κ3) is 2.51. The SMILES string of the molecule is OC1(CNC2CCOC3(CCC3)C2)CCCC1. The molecule has 3 aliphatic rings. The van der Waals surface area contributed by atoms with Crippen LogP contribution in [0, 0.1) is 0 Å². The predicted octanol–water partition coefficient (Wildman–Crippen LogP) is 1.98. The van der Waals surface area contributed by atoms with Gasteiger partial charge in [0.05, 0.1) is 11.2 Å². The molecular weight excluding hydrogens is 214 g/mol. The third-order valence-electron chi connectivity index (χ3n) is 5.01.